The highest BCUT2D eigenvalue weighted by atomic mass is 79.9. The molecule has 0 radical (unpaired) electrons. The molecule has 2 rings (SSSR count). The van der Waals surface area contributed by atoms with Gasteiger partial charge < -0.3 is 10.6 Å². The van der Waals surface area contributed by atoms with E-state index in [0.717, 1.165) is 19.4 Å². The molecule has 0 aliphatic carbocycles. The summed E-state index contributed by atoms with van der Waals surface area (Å²) in [4.78, 5) is 12.7. The monoisotopic (exact) mass is 299 g/mol. The fourth-order valence-electron chi connectivity index (χ4n) is 2.14. The molecule has 92 valence electrons. The Hall–Kier alpha value is -1.14. The third kappa shape index (κ3) is 2.76. The summed E-state index contributed by atoms with van der Waals surface area (Å²) in [6, 6.07) is 5.24. The van der Waals surface area contributed by atoms with Crippen LogP contribution < -0.4 is 10.6 Å². The van der Waals surface area contributed by atoms with Gasteiger partial charge in [0.15, 0.2) is 0 Å². The van der Waals surface area contributed by atoms with Gasteiger partial charge in [-0.05, 0) is 25.0 Å². The summed E-state index contributed by atoms with van der Waals surface area (Å²) in [6.07, 6.45) is 1.97. The van der Waals surface area contributed by atoms with Gasteiger partial charge in [-0.25, -0.2) is 0 Å². The molecule has 1 saturated heterocycles. The van der Waals surface area contributed by atoms with Crippen LogP contribution in [0.3, 0.4) is 0 Å². The number of nitro groups is 1. The predicted molar refractivity (Wildman–Crippen MR) is 70.2 cm³/mol. The van der Waals surface area contributed by atoms with Crippen LogP contribution >= 0.6 is 15.9 Å². The molecule has 0 saturated carbocycles. The molecule has 1 fully saturated rings. The van der Waals surface area contributed by atoms with E-state index in [-0.39, 0.29) is 16.7 Å². The first-order chi connectivity index (χ1) is 8.08. The molecule has 1 heterocycles. The number of hydrogen-bond donors (Lipinski definition) is 1. The van der Waals surface area contributed by atoms with E-state index in [4.69, 9.17) is 5.73 Å². The van der Waals surface area contributed by atoms with Gasteiger partial charge in [-0.2, -0.15) is 0 Å². The molecule has 0 aromatic heterocycles. The smallest absolute Gasteiger partial charge is 0.293 e. The first-order valence-corrected chi connectivity index (χ1v) is 6.31. The van der Waals surface area contributed by atoms with E-state index in [1.54, 1.807) is 6.07 Å². The highest BCUT2D eigenvalue weighted by Gasteiger charge is 2.23. The van der Waals surface area contributed by atoms with Crippen LogP contribution in [0.4, 0.5) is 11.4 Å². The van der Waals surface area contributed by atoms with Gasteiger partial charge in [0.05, 0.1) is 4.92 Å². The van der Waals surface area contributed by atoms with Gasteiger partial charge in [-0.1, -0.05) is 15.9 Å². The minimum atomic E-state index is -0.347. The molecule has 17 heavy (non-hydrogen) atoms. The molecule has 1 aromatic rings. The molecule has 1 aliphatic heterocycles. The fourth-order valence-corrected chi connectivity index (χ4v) is 2.49. The van der Waals surface area contributed by atoms with Crippen LogP contribution in [-0.2, 0) is 0 Å². The lowest BCUT2D eigenvalue weighted by molar-refractivity contribution is -0.384. The van der Waals surface area contributed by atoms with Gasteiger partial charge in [0.2, 0.25) is 0 Å². The number of hydrogen-bond acceptors (Lipinski definition) is 4. The summed E-state index contributed by atoms with van der Waals surface area (Å²) in [5, 5.41) is 11.0. The lowest BCUT2D eigenvalue weighted by Crippen LogP contribution is -2.43. The molecule has 0 bridgehead atoms. The summed E-state index contributed by atoms with van der Waals surface area (Å²) >= 11 is 3.25. The number of nitrogens with zero attached hydrogens (tertiary/aromatic N) is 2. The molecule has 1 atom stereocenters. The van der Waals surface area contributed by atoms with Crippen LogP contribution in [0, 0.1) is 10.1 Å². The SMILES string of the molecule is NC1CCCN(c2ccc(Br)cc2[N+](=O)[O-])C1. The van der Waals surface area contributed by atoms with Gasteiger partial charge in [0, 0.05) is 29.7 Å². The zero-order valence-corrected chi connectivity index (χ0v) is 10.9. The van der Waals surface area contributed by atoms with Crippen molar-refractivity contribution in [1.29, 1.82) is 0 Å². The van der Waals surface area contributed by atoms with Crippen molar-refractivity contribution in [1.82, 2.24) is 0 Å². The predicted octanol–water partition coefficient (Wildman–Crippen LogP) is 2.28. The molecule has 6 heteroatoms. The van der Waals surface area contributed by atoms with E-state index in [1.165, 1.54) is 6.07 Å². The molecule has 1 unspecified atom stereocenters. The second kappa shape index (κ2) is 5.01. The average Bonchev–Trinajstić information content (AvgIpc) is 2.28. The minimum absolute atomic E-state index is 0.104. The van der Waals surface area contributed by atoms with Gasteiger partial charge in [-0.15, -0.1) is 0 Å². The largest absolute Gasteiger partial charge is 0.364 e. The van der Waals surface area contributed by atoms with E-state index < -0.39 is 0 Å². The average molecular weight is 300 g/mol. The minimum Gasteiger partial charge on any atom is -0.364 e. The van der Waals surface area contributed by atoms with Crippen LogP contribution in [-0.4, -0.2) is 24.1 Å². The Morgan fingerprint density at radius 1 is 1.53 bits per heavy atom. The lowest BCUT2D eigenvalue weighted by Gasteiger charge is -2.32. The number of nitro benzene ring substituents is 1. The number of piperidine rings is 1. The van der Waals surface area contributed by atoms with Crippen molar-refractivity contribution >= 4 is 27.3 Å². The summed E-state index contributed by atoms with van der Waals surface area (Å²) in [5.74, 6) is 0. The lowest BCUT2D eigenvalue weighted by atomic mass is 10.1. The number of benzene rings is 1. The zero-order valence-electron chi connectivity index (χ0n) is 9.30. The summed E-state index contributed by atoms with van der Waals surface area (Å²) in [6.45, 7) is 1.51. The van der Waals surface area contributed by atoms with Gasteiger partial charge in [-0.3, -0.25) is 10.1 Å². The van der Waals surface area contributed by atoms with Crippen molar-refractivity contribution in [2.45, 2.75) is 18.9 Å². The van der Waals surface area contributed by atoms with Crippen LogP contribution in [0.2, 0.25) is 0 Å². The molecule has 1 aliphatic rings. The Bertz CT molecular complexity index is 439. The third-order valence-corrected chi connectivity index (χ3v) is 3.43. The highest BCUT2D eigenvalue weighted by Crippen LogP contribution is 2.32. The molecule has 2 N–H and O–H groups in total. The quantitative estimate of drug-likeness (QED) is 0.672. The topological polar surface area (TPSA) is 72.4 Å². The Morgan fingerprint density at radius 2 is 2.29 bits per heavy atom. The number of halogens is 1. The maximum Gasteiger partial charge on any atom is 0.293 e. The van der Waals surface area contributed by atoms with Gasteiger partial charge >= 0.3 is 0 Å². The van der Waals surface area contributed by atoms with Crippen LogP contribution in [0.5, 0.6) is 0 Å². The molecule has 5 nitrogen and oxygen atoms in total. The van der Waals surface area contributed by atoms with Crippen LogP contribution in [0.1, 0.15) is 12.8 Å². The molecule has 0 amide bonds. The molecular weight excluding hydrogens is 286 g/mol. The number of anilines is 1. The van der Waals surface area contributed by atoms with Crippen molar-refractivity contribution in [2.75, 3.05) is 18.0 Å². The Morgan fingerprint density at radius 3 is 2.94 bits per heavy atom. The first-order valence-electron chi connectivity index (χ1n) is 5.52. The van der Waals surface area contributed by atoms with Crippen molar-refractivity contribution in [3.05, 3.63) is 32.8 Å². The maximum atomic E-state index is 11.0. The fraction of sp³-hybridized carbons (Fsp3) is 0.455. The highest BCUT2D eigenvalue weighted by molar-refractivity contribution is 9.10. The molecule has 1 aromatic carbocycles. The first kappa shape index (κ1) is 12.3. The van der Waals surface area contributed by atoms with E-state index >= 15 is 0 Å². The van der Waals surface area contributed by atoms with Crippen molar-refractivity contribution in [3.63, 3.8) is 0 Å². The van der Waals surface area contributed by atoms with E-state index in [0.29, 0.717) is 16.7 Å². The standard InChI is InChI=1S/C11H14BrN3O2/c12-8-3-4-10(11(6-8)15(16)17)14-5-1-2-9(13)7-14/h3-4,6,9H,1-2,5,7,13H2. The van der Waals surface area contributed by atoms with Crippen molar-refractivity contribution < 1.29 is 4.92 Å². The van der Waals surface area contributed by atoms with Crippen molar-refractivity contribution in [2.24, 2.45) is 5.73 Å². The van der Waals surface area contributed by atoms with E-state index in [1.807, 2.05) is 11.0 Å². The summed E-state index contributed by atoms with van der Waals surface area (Å²) in [7, 11) is 0. The second-order valence-corrected chi connectivity index (χ2v) is 5.15. The maximum absolute atomic E-state index is 11.0. The Labute approximate surface area is 108 Å². The number of nitrogens with two attached hydrogens (primary N) is 1. The Kier molecular flexibility index (Phi) is 3.63. The van der Waals surface area contributed by atoms with E-state index in [9.17, 15) is 10.1 Å². The van der Waals surface area contributed by atoms with E-state index in [2.05, 4.69) is 15.9 Å². The van der Waals surface area contributed by atoms with Gasteiger partial charge in [0.1, 0.15) is 5.69 Å². The van der Waals surface area contributed by atoms with Crippen LogP contribution in [0.15, 0.2) is 22.7 Å². The summed E-state index contributed by atoms with van der Waals surface area (Å²) < 4.78 is 0.717. The van der Waals surface area contributed by atoms with Crippen LogP contribution in [0.25, 0.3) is 0 Å². The summed E-state index contributed by atoms with van der Waals surface area (Å²) in [5.41, 5.74) is 6.69. The van der Waals surface area contributed by atoms with Gasteiger partial charge in [0.25, 0.3) is 5.69 Å². The zero-order chi connectivity index (χ0) is 12.4. The Balaban J connectivity index is 2.33. The second-order valence-electron chi connectivity index (χ2n) is 4.24. The number of rotatable bonds is 2. The normalized spacial score (nSPS) is 20.4. The van der Waals surface area contributed by atoms with Crippen molar-refractivity contribution in [3.8, 4) is 0 Å². The molecular formula is C11H14BrN3O2. The molecule has 0 spiro atoms. The third-order valence-electron chi connectivity index (χ3n) is 2.93.